The Labute approximate surface area is 87.9 Å². The first-order chi connectivity index (χ1) is 7.13. The van der Waals surface area contributed by atoms with Crippen LogP contribution in [0.5, 0.6) is 0 Å². The summed E-state index contributed by atoms with van der Waals surface area (Å²) in [7, 11) is 0. The van der Waals surface area contributed by atoms with E-state index >= 15 is 0 Å². The van der Waals surface area contributed by atoms with Crippen molar-refractivity contribution in [2.45, 2.75) is 32.1 Å². The minimum Gasteiger partial charge on any atom is -0.481 e. The number of aliphatic carboxylic acids is 1. The molecule has 4 heteroatoms. The highest BCUT2D eigenvalue weighted by atomic mass is 16.4. The van der Waals surface area contributed by atoms with Crippen LogP contribution in [0.1, 0.15) is 48.4 Å². The van der Waals surface area contributed by atoms with E-state index in [1.54, 1.807) is 12.1 Å². The number of carbonyl (C=O) groups is 2. The van der Waals surface area contributed by atoms with Crippen molar-refractivity contribution >= 4 is 12.3 Å². The van der Waals surface area contributed by atoms with Gasteiger partial charge in [-0.25, -0.2) is 0 Å². The number of aldehydes is 1. The first kappa shape index (κ1) is 11.5. The van der Waals surface area contributed by atoms with Crippen LogP contribution in [0.25, 0.3) is 0 Å². The molecule has 1 aromatic heterocycles. The number of carboxylic acid groups (broad SMARTS) is 1. The van der Waals surface area contributed by atoms with E-state index in [0.29, 0.717) is 18.5 Å². The summed E-state index contributed by atoms with van der Waals surface area (Å²) in [5.74, 6) is 0.422. The fourth-order valence-electron chi connectivity index (χ4n) is 1.40. The zero-order chi connectivity index (χ0) is 11.3. The van der Waals surface area contributed by atoms with E-state index in [-0.39, 0.29) is 12.3 Å². The molecule has 0 saturated carbocycles. The predicted molar refractivity (Wildman–Crippen MR) is 54.0 cm³/mol. The molecule has 1 unspecified atom stereocenters. The minimum atomic E-state index is -0.782. The van der Waals surface area contributed by atoms with Crippen LogP contribution in [-0.4, -0.2) is 17.4 Å². The lowest BCUT2D eigenvalue weighted by molar-refractivity contribution is -0.137. The van der Waals surface area contributed by atoms with Gasteiger partial charge in [-0.2, -0.15) is 0 Å². The van der Waals surface area contributed by atoms with Crippen LogP contribution in [0.4, 0.5) is 0 Å². The van der Waals surface area contributed by atoms with Crippen LogP contribution in [0.15, 0.2) is 16.5 Å². The van der Waals surface area contributed by atoms with Gasteiger partial charge in [0, 0.05) is 12.3 Å². The topological polar surface area (TPSA) is 67.5 Å². The summed E-state index contributed by atoms with van der Waals surface area (Å²) >= 11 is 0. The number of rotatable bonds is 6. The molecule has 0 aliphatic rings. The average Bonchev–Trinajstić information content (AvgIpc) is 2.65. The van der Waals surface area contributed by atoms with Gasteiger partial charge in [0.05, 0.1) is 0 Å². The molecular formula is C11H14O4. The van der Waals surface area contributed by atoms with Crippen molar-refractivity contribution < 1.29 is 19.1 Å². The maximum atomic E-state index is 10.4. The Bertz CT molecular complexity index is 340. The van der Waals surface area contributed by atoms with E-state index < -0.39 is 5.97 Å². The number of hydrogen-bond acceptors (Lipinski definition) is 3. The van der Waals surface area contributed by atoms with Crippen molar-refractivity contribution in [3.8, 4) is 0 Å². The van der Waals surface area contributed by atoms with Gasteiger partial charge >= 0.3 is 5.97 Å². The molecule has 1 atom stereocenters. The molecule has 0 bridgehead atoms. The summed E-state index contributed by atoms with van der Waals surface area (Å²) in [6.07, 6.45) is 2.20. The molecule has 1 heterocycles. The van der Waals surface area contributed by atoms with Crippen molar-refractivity contribution in [3.05, 3.63) is 23.7 Å². The Morgan fingerprint density at radius 2 is 2.33 bits per heavy atom. The molecule has 0 spiro atoms. The van der Waals surface area contributed by atoms with Gasteiger partial charge in [0.15, 0.2) is 12.0 Å². The highest BCUT2D eigenvalue weighted by molar-refractivity contribution is 5.70. The maximum absolute atomic E-state index is 10.4. The smallest absolute Gasteiger partial charge is 0.303 e. The molecule has 0 fully saturated rings. The fraction of sp³-hybridized carbons (Fsp3) is 0.455. The first-order valence-electron chi connectivity index (χ1n) is 4.90. The number of furan rings is 1. The lowest BCUT2D eigenvalue weighted by Gasteiger charge is -2.06. The molecule has 1 aromatic rings. The molecule has 15 heavy (non-hydrogen) atoms. The third kappa shape index (κ3) is 3.58. The summed E-state index contributed by atoms with van der Waals surface area (Å²) in [5, 5.41) is 8.47. The maximum Gasteiger partial charge on any atom is 0.303 e. The highest BCUT2D eigenvalue weighted by Crippen LogP contribution is 2.22. The van der Waals surface area contributed by atoms with Gasteiger partial charge < -0.3 is 9.52 Å². The quantitative estimate of drug-likeness (QED) is 0.732. The Morgan fingerprint density at radius 1 is 1.60 bits per heavy atom. The second-order valence-corrected chi connectivity index (χ2v) is 3.54. The predicted octanol–water partition coefficient (Wildman–Crippen LogP) is 2.45. The summed E-state index contributed by atoms with van der Waals surface area (Å²) in [4.78, 5) is 20.7. The number of carboxylic acids is 1. The molecule has 0 aliphatic carbocycles. The molecule has 0 aliphatic heterocycles. The largest absolute Gasteiger partial charge is 0.481 e. The number of carbonyl (C=O) groups excluding carboxylic acids is 1. The van der Waals surface area contributed by atoms with Crippen molar-refractivity contribution in [2.75, 3.05) is 0 Å². The highest BCUT2D eigenvalue weighted by Gasteiger charge is 2.10. The van der Waals surface area contributed by atoms with Crippen LogP contribution in [0, 0.1) is 0 Å². The van der Waals surface area contributed by atoms with Crippen LogP contribution in [-0.2, 0) is 4.79 Å². The summed E-state index contributed by atoms with van der Waals surface area (Å²) in [5.41, 5.74) is 0. The standard InChI is InChI=1S/C11H14O4/c1-8(3-2-4-11(13)14)10-6-5-9(7-12)15-10/h5-8H,2-4H2,1H3,(H,13,14). The fourth-order valence-corrected chi connectivity index (χ4v) is 1.40. The molecule has 1 rings (SSSR count). The van der Waals surface area contributed by atoms with Gasteiger partial charge in [-0.15, -0.1) is 0 Å². The number of hydrogen-bond donors (Lipinski definition) is 1. The van der Waals surface area contributed by atoms with Gasteiger partial charge in [0.1, 0.15) is 5.76 Å². The Hall–Kier alpha value is -1.58. The van der Waals surface area contributed by atoms with Crippen LogP contribution in [0.3, 0.4) is 0 Å². The van der Waals surface area contributed by atoms with E-state index in [9.17, 15) is 9.59 Å². The lowest BCUT2D eigenvalue weighted by atomic mass is 10.0. The van der Waals surface area contributed by atoms with E-state index in [4.69, 9.17) is 9.52 Å². The van der Waals surface area contributed by atoms with E-state index in [1.165, 1.54) is 0 Å². The molecule has 82 valence electrons. The summed E-state index contributed by atoms with van der Waals surface area (Å²) in [6.45, 7) is 1.95. The zero-order valence-electron chi connectivity index (χ0n) is 8.60. The van der Waals surface area contributed by atoms with E-state index in [1.807, 2.05) is 6.92 Å². The molecule has 1 N–H and O–H groups in total. The molecule has 0 saturated heterocycles. The third-order valence-electron chi connectivity index (χ3n) is 2.28. The van der Waals surface area contributed by atoms with Gasteiger partial charge in [0.2, 0.25) is 0 Å². The van der Waals surface area contributed by atoms with Crippen LogP contribution >= 0.6 is 0 Å². The van der Waals surface area contributed by atoms with Crippen molar-refractivity contribution in [2.24, 2.45) is 0 Å². The van der Waals surface area contributed by atoms with Crippen LogP contribution in [0.2, 0.25) is 0 Å². The molecule has 0 radical (unpaired) electrons. The first-order valence-corrected chi connectivity index (χ1v) is 4.90. The second kappa shape index (κ2) is 5.34. The van der Waals surface area contributed by atoms with Gasteiger partial charge in [0.25, 0.3) is 0 Å². The summed E-state index contributed by atoms with van der Waals surface area (Å²) < 4.78 is 5.24. The second-order valence-electron chi connectivity index (χ2n) is 3.54. The van der Waals surface area contributed by atoms with Crippen molar-refractivity contribution in [1.29, 1.82) is 0 Å². The zero-order valence-corrected chi connectivity index (χ0v) is 8.60. The van der Waals surface area contributed by atoms with E-state index in [2.05, 4.69) is 0 Å². The van der Waals surface area contributed by atoms with E-state index in [0.717, 1.165) is 12.2 Å². The minimum absolute atomic E-state index is 0.151. The van der Waals surface area contributed by atoms with Gasteiger partial charge in [-0.3, -0.25) is 9.59 Å². The normalized spacial score (nSPS) is 12.3. The Kier molecular flexibility index (Phi) is 4.09. The van der Waals surface area contributed by atoms with Crippen molar-refractivity contribution in [3.63, 3.8) is 0 Å². The van der Waals surface area contributed by atoms with Gasteiger partial charge in [-0.05, 0) is 25.0 Å². The van der Waals surface area contributed by atoms with Crippen LogP contribution < -0.4 is 0 Å². The summed E-state index contributed by atoms with van der Waals surface area (Å²) in [6, 6.07) is 3.38. The molecule has 4 nitrogen and oxygen atoms in total. The Morgan fingerprint density at radius 3 is 2.87 bits per heavy atom. The third-order valence-corrected chi connectivity index (χ3v) is 2.28. The van der Waals surface area contributed by atoms with Gasteiger partial charge in [-0.1, -0.05) is 6.92 Å². The van der Waals surface area contributed by atoms with Crippen molar-refractivity contribution in [1.82, 2.24) is 0 Å². The molecular weight excluding hydrogens is 196 g/mol. The lowest BCUT2D eigenvalue weighted by Crippen LogP contribution is -1.97. The molecule has 0 aromatic carbocycles. The molecule has 0 amide bonds. The Balaban J connectivity index is 2.42. The average molecular weight is 210 g/mol. The monoisotopic (exact) mass is 210 g/mol. The SMILES string of the molecule is CC(CCCC(=O)O)c1ccc(C=O)o1.